The molecule has 42 valence electrons. The van der Waals surface area contributed by atoms with E-state index in [0.717, 1.165) is 19.2 Å². The number of nitrogens with two attached hydrogens (primary N) is 1. The van der Waals surface area contributed by atoms with Gasteiger partial charge in [-0.3, -0.25) is 0 Å². The van der Waals surface area contributed by atoms with Crippen LogP contribution in [0.25, 0.3) is 0 Å². The first-order valence-electron chi connectivity index (χ1n) is 2.46. The zero-order valence-electron chi connectivity index (χ0n) is 4.61. The molecule has 0 aromatic rings. The van der Waals surface area contributed by atoms with Gasteiger partial charge in [0, 0.05) is 6.61 Å². The van der Waals surface area contributed by atoms with Gasteiger partial charge in [0.25, 0.3) is 0 Å². The fraction of sp³-hybridized carbons (Fsp3) is 1.00. The lowest BCUT2D eigenvalue weighted by Gasteiger charge is -1.92. The molecule has 0 saturated heterocycles. The van der Waals surface area contributed by atoms with E-state index in [1.54, 1.807) is 0 Å². The van der Waals surface area contributed by atoms with Crippen LogP contribution in [0.2, 0.25) is 6.04 Å². The van der Waals surface area contributed by atoms with Crippen LogP contribution < -0.4 is 5.73 Å². The largest absolute Gasteiger partial charge is 0.418 e. The third kappa shape index (κ3) is 6.14. The molecule has 0 atom stereocenters. The molecule has 0 rings (SSSR count). The van der Waals surface area contributed by atoms with E-state index in [4.69, 9.17) is 10.2 Å². The van der Waals surface area contributed by atoms with Crippen LogP contribution in [0.5, 0.6) is 0 Å². The Labute approximate surface area is 47.0 Å². The van der Waals surface area contributed by atoms with Gasteiger partial charge in [0.15, 0.2) is 0 Å². The van der Waals surface area contributed by atoms with E-state index >= 15 is 0 Å². The lowest BCUT2D eigenvalue weighted by Crippen LogP contribution is -2.05. The Morgan fingerprint density at radius 1 is 1.71 bits per heavy atom. The molecule has 0 unspecified atom stereocenters. The van der Waals surface area contributed by atoms with Crippen LogP contribution in [0, 0.1) is 0 Å². The fourth-order valence-electron chi connectivity index (χ4n) is 0.233. The normalized spacial score (nSPS) is 9.43. The molecule has 0 aliphatic rings. The quantitative estimate of drug-likeness (QED) is 0.416. The number of hydrogen-bond donors (Lipinski definition) is 1. The highest BCUT2D eigenvalue weighted by atomic mass is 28.2. The van der Waals surface area contributed by atoms with Gasteiger partial charge in [-0.2, -0.15) is 0 Å². The first-order valence-corrected chi connectivity index (χ1v) is 3.58. The summed E-state index contributed by atoms with van der Waals surface area (Å²) in [5.41, 5.74) is 5.20. The highest BCUT2D eigenvalue weighted by molar-refractivity contribution is 6.27. The van der Waals surface area contributed by atoms with Crippen LogP contribution in [0.4, 0.5) is 0 Å². The second-order valence-electron chi connectivity index (χ2n) is 1.12. The summed E-state index contributed by atoms with van der Waals surface area (Å²) >= 11 is 0. The van der Waals surface area contributed by atoms with Crippen LogP contribution >= 0.6 is 0 Å². The van der Waals surface area contributed by atoms with Crippen molar-refractivity contribution in [3.05, 3.63) is 0 Å². The van der Waals surface area contributed by atoms with E-state index in [-0.39, 0.29) is 0 Å². The minimum absolute atomic E-state index is 0.607. The molecule has 2 radical (unpaired) electrons. The molecule has 2 nitrogen and oxygen atoms in total. The minimum Gasteiger partial charge on any atom is -0.418 e. The van der Waals surface area contributed by atoms with Crippen molar-refractivity contribution >= 4 is 9.76 Å². The average molecular weight is 117 g/mol. The zero-order chi connectivity index (χ0) is 5.54. The standard InChI is InChI=1S/C4H11NOSi/c1-2-6-7-4-3-5/h2-5H2,1H3. The summed E-state index contributed by atoms with van der Waals surface area (Å²) in [5.74, 6) is 0. The van der Waals surface area contributed by atoms with E-state index in [1.165, 1.54) is 0 Å². The number of rotatable bonds is 4. The topological polar surface area (TPSA) is 35.2 Å². The molecular weight excluding hydrogens is 106 g/mol. The van der Waals surface area contributed by atoms with Crippen molar-refractivity contribution in [2.45, 2.75) is 13.0 Å². The zero-order valence-corrected chi connectivity index (χ0v) is 5.61. The second kappa shape index (κ2) is 6.14. The SMILES string of the molecule is CCO[Si]CCN. The highest BCUT2D eigenvalue weighted by Gasteiger charge is 1.83. The van der Waals surface area contributed by atoms with Crippen molar-refractivity contribution in [2.75, 3.05) is 13.2 Å². The maximum absolute atomic E-state index is 5.20. The molecule has 0 amide bonds. The lowest BCUT2D eigenvalue weighted by molar-refractivity contribution is 0.360. The third-order valence-electron chi connectivity index (χ3n) is 0.493. The van der Waals surface area contributed by atoms with E-state index < -0.39 is 0 Å². The molecular formula is C4H11NOSi. The predicted octanol–water partition coefficient (Wildman–Crippen LogP) is 0.0191. The monoisotopic (exact) mass is 117 g/mol. The maximum atomic E-state index is 5.20. The molecule has 0 saturated carbocycles. The smallest absolute Gasteiger partial charge is 0.230 e. The van der Waals surface area contributed by atoms with Gasteiger partial charge in [0.1, 0.15) is 0 Å². The van der Waals surface area contributed by atoms with Gasteiger partial charge >= 0.3 is 0 Å². The molecule has 0 aromatic carbocycles. The van der Waals surface area contributed by atoms with Gasteiger partial charge in [0.05, 0.1) is 0 Å². The first kappa shape index (κ1) is 7.14. The fourth-order valence-corrected chi connectivity index (χ4v) is 0.699. The molecule has 0 bridgehead atoms. The third-order valence-corrected chi connectivity index (χ3v) is 1.48. The van der Waals surface area contributed by atoms with Gasteiger partial charge in [-0.1, -0.05) is 0 Å². The summed E-state index contributed by atoms with van der Waals surface area (Å²) < 4.78 is 5.02. The summed E-state index contributed by atoms with van der Waals surface area (Å²) in [6.07, 6.45) is 0. The Morgan fingerprint density at radius 3 is 2.86 bits per heavy atom. The second-order valence-corrected chi connectivity index (χ2v) is 2.19. The lowest BCUT2D eigenvalue weighted by atomic mass is 10.8. The van der Waals surface area contributed by atoms with Crippen LogP contribution in [-0.2, 0) is 4.43 Å². The number of hydrogen-bond acceptors (Lipinski definition) is 2. The molecule has 3 heteroatoms. The van der Waals surface area contributed by atoms with Gasteiger partial charge in [0.2, 0.25) is 9.76 Å². The van der Waals surface area contributed by atoms with Crippen LogP contribution in [-0.4, -0.2) is 22.9 Å². The molecule has 0 aliphatic heterocycles. The minimum atomic E-state index is 0.607. The molecule has 0 aromatic heterocycles. The van der Waals surface area contributed by atoms with Crippen LogP contribution in [0.1, 0.15) is 6.92 Å². The molecule has 0 spiro atoms. The Balaban J connectivity index is 2.45. The predicted molar refractivity (Wildman–Crippen MR) is 31.2 cm³/mol. The van der Waals surface area contributed by atoms with E-state index in [1.807, 2.05) is 6.92 Å². The summed E-state index contributed by atoms with van der Waals surface area (Å²) in [4.78, 5) is 0. The summed E-state index contributed by atoms with van der Waals surface area (Å²) in [5, 5.41) is 0. The Morgan fingerprint density at radius 2 is 2.43 bits per heavy atom. The van der Waals surface area contributed by atoms with Crippen molar-refractivity contribution in [1.29, 1.82) is 0 Å². The Bertz CT molecular complexity index is 30.9. The van der Waals surface area contributed by atoms with Gasteiger partial charge in [-0.05, 0) is 19.5 Å². The first-order chi connectivity index (χ1) is 3.41. The van der Waals surface area contributed by atoms with Crippen molar-refractivity contribution in [3.8, 4) is 0 Å². The summed E-state index contributed by atoms with van der Waals surface area (Å²) in [7, 11) is 0.607. The van der Waals surface area contributed by atoms with Crippen molar-refractivity contribution in [1.82, 2.24) is 0 Å². The molecule has 0 aliphatic carbocycles. The van der Waals surface area contributed by atoms with Gasteiger partial charge in [-0.25, -0.2) is 0 Å². The van der Waals surface area contributed by atoms with Crippen molar-refractivity contribution in [2.24, 2.45) is 5.73 Å². The van der Waals surface area contributed by atoms with Crippen molar-refractivity contribution < 1.29 is 4.43 Å². The van der Waals surface area contributed by atoms with E-state index in [0.29, 0.717) is 9.76 Å². The molecule has 7 heavy (non-hydrogen) atoms. The van der Waals surface area contributed by atoms with Gasteiger partial charge in [-0.15, -0.1) is 0 Å². The summed E-state index contributed by atoms with van der Waals surface area (Å²) in [6, 6.07) is 1.01. The maximum Gasteiger partial charge on any atom is 0.230 e. The summed E-state index contributed by atoms with van der Waals surface area (Å²) in [6.45, 7) is 3.56. The Kier molecular flexibility index (Phi) is 6.26. The molecule has 0 heterocycles. The van der Waals surface area contributed by atoms with Crippen LogP contribution in [0.3, 0.4) is 0 Å². The van der Waals surface area contributed by atoms with E-state index in [9.17, 15) is 0 Å². The Hall–Kier alpha value is 0.137. The van der Waals surface area contributed by atoms with E-state index in [2.05, 4.69) is 0 Å². The average Bonchev–Trinajstić information content (AvgIpc) is 1.69. The van der Waals surface area contributed by atoms with Gasteiger partial charge < -0.3 is 10.2 Å². The van der Waals surface area contributed by atoms with Crippen LogP contribution in [0.15, 0.2) is 0 Å². The molecule has 0 fully saturated rings. The van der Waals surface area contributed by atoms with Crippen molar-refractivity contribution in [3.63, 3.8) is 0 Å². The molecule has 2 N–H and O–H groups in total. The highest BCUT2D eigenvalue weighted by Crippen LogP contribution is 1.73.